The quantitative estimate of drug-likeness (QED) is 0.594. The lowest BCUT2D eigenvalue weighted by atomic mass is 10.7. The fourth-order valence-electron chi connectivity index (χ4n) is 0.391. The molecule has 1 aromatic rings. The zero-order valence-corrected chi connectivity index (χ0v) is 8.68. The zero-order valence-electron chi connectivity index (χ0n) is 7.93. The maximum Gasteiger partial charge on any atom is 0.0785 e. The second kappa shape index (κ2) is 9.50. The average Bonchev–Trinajstić information content (AvgIpc) is 2.43. The molecule has 0 spiro atoms. The molecular weight excluding hydrogens is 160 g/mol. The van der Waals surface area contributed by atoms with Crippen molar-refractivity contribution in [3.63, 3.8) is 0 Å². The van der Waals surface area contributed by atoms with Crippen LogP contribution in [0.5, 0.6) is 0 Å². The van der Waals surface area contributed by atoms with E-state index >= 15 is 0 Å². The van der Waals surface area contributed by atoms with Gasteiger partial charge in [-0.2, -0.15) is 5.10 Å². The molecule has 0 aliphatic rings. The normalized spacial score (nSPS) is 7.09. The van der Waals surface area contributed by atoms with Crippen LogP contribution in [0.2, 0.25) is 5.02 Å². The van der Waals surface area contributed by atoms with Crippen LogP contribution < -0.4 is 0 Å². The molecule has 0 atom stereocenters. The lowest BCUT2D eigenvalue weighted by Gasteiger charge is -1.77. The van der Waals surface area contributed by atoms with E-state index in [4.69, 9.17) is 11.6 Å². The monoisotopic (exact) mass is 176 g/mol. The molecule has 0 radical (unpaired) electrons. The molecule has 0 bridgehead atoms. The van der Waals surface area contributed by atoms with Crippen LogP contribution in [-0.4, -0.2) is 9.78 Å². The van der Waals surface area contributed by atoms with Gasteiger partial charge in [-0.1, -0.05) is 39.3 Å². The standard InChI is InChI=1S/C4H5ClN2.2C2H6/c1-7-3-4(5)2-6-7;2*1-2/h2-3H,1H3;2*1-2H3. The highest BCUT2D eigenvalue weighted by Crippen LogP contribution is 2.01. The van der Waals surface area contributed by atoms with Crippen molar-refractivity contribution < 1.29 is 0 Å². The molecule has 1 rings (SSSR count). The predicted octanol–water partition coefficient (Wildman–Crippen LogP) is 3.13. The van der Waals surface area contributed by atoms with Crippen molar-refractivity contribution in [3.05, 3.63) is 17.4 Å². The van der Waals surface area contributed by atoms with Crippen LogP contribution in [-0.2, 0) is 7.05 Å². The number of halogens is 1. The lowest BCUT2D eigenvalue weighted by molar-refractivity contribution is 0.768. The molecule has 0 aromatic carbocycles. The van der Waals surface area contributed by atoms with E-state index in [1.807, 2.05) is 34.7 Å². The highest BCUT2D eigenvalue weighted by atomic mass is 35.5. The van der Waals surface area contributed by atoms with Gasteiger partial charge in [0, 0.05) is 13.2 Å². The molecule has 0 aliphatic heterocycles. The Balaban J connectivity index is 0. The van der Waals surface area contributed by atoms with Crippen LogP contribution in [0.3, 0.4) is 0 Å². The van der Waals surface area contributed by atoms with Crippen molar-refractivity contribution in [2.75, 3.05) is 0 Å². The summed E-state index contributed by atoms with van der Waals surface area (Å²) in [5.74, 6) is 0. The van der Waals surface area contributed by atoms with Crippen LogP contribution >= 0.6 is 11.6 Å². The SMILES string of the molecule is CC.CC.Cn1cc(Cl)cn1. The van der Waals surface area contributed by atoms with E-state index in [0.29, 0.717) is 5.02 Å². The maximum absolute atomic E-state index is 5.48. The molecule has 0 aliphatic carbocycles. The smallest absolute Gasteiger partial charge is 0.0785 e. The van der Waals surface area contributed by atoms with Crippen LogP contribution in [0, 0.1) is 0 Å². The van der Waals surface area contributed by atoms with Gasteiger partial charge in [0.1, 0.15) is 0 Å². The Labute approximate surface area is 74.2 Å². The third-order valence-corrected chi connectivity index (χ3v) is 0.869. The maximum atomic E-state index is 5.48. The molecule has 0 N–H and O–H groups in total. The Kier molecular flexibility index (Phi) is 11.3. The van der Waals surface area contributed by atoms with Crippen molar-refractivity contribution in [1.29, 1.82) is 0 Å². The van der Waals surface area contributed by atoms with Gasteiger partial charge in [-0.25, -0.2) is 0 Å². The van der Waals surface area contributed by atoms with Gasteiger partial charge in [-0.05, 0) is 0 Å². The van der Waals surface area contributed by atoms with Crippen molar-refractivity contribution in [2.24, 2.45) is 7.05 Å². The van der Waals surface area contributed by atoms with E-state index in [1.54, 1.807) is 17.1 Å². The molecular formula is C8H17ClN2. The minimum Gasteiger partial charge on any atom is -0.274 e. The van der Waals surface area contributed by atoms with E-state index in [-0.39, 0.29) is 0 Å². The molecule has 0 saturated carbocycles. The Hall–Kier alpha value is -0.500. The molecule has 11 heavy (non-hydrogen) atoms. The average molecular weight is 177 g/mol. The van der Waals surface area contributed by atoms with Gasteiger partial charge >= 0.3 is 0 Å². The lowest BCUT2D eigenvalue weighted by Crippen LogP contribution is -1.83. The number of nitrogens with zero attached hydrogens (tertiary/aromatic N) is 2. The van der Waals surface area contributed by atoms with Crippen LogP contribution in [0.25, 0.3) is 0 Å². The fraction of sp³-hybridized carbons (Fsp3) is 0.625. The molecule has 0 unspecified atom stereocenters. The summed E-state index contributed by atoms with van der Waals surface area (Å²) in [5.41, 5.74) is 0. The third kappa shape index (κ3) is 7.40. The summed E-state index contributed by atoms with van der Waals surface area (Å²) < 4.78 is 1.66. The predicted molar refractivity (Wildman–Crippen MR) is 50.9 cm³/mol. The van der Waals surface area contributed by atoms with E-state index < -0.39 is 0 Å². The van der Waals surface area contributed by atoms with E-state index in [2.05, 4.69) is 5.10 Å². The van der Waals surface area contributed by atoms with Gasteiger partial charge in [0.15, 0.2) is 0 Å². The van der Waals surface area contributed by atoms with E-state index in [0.717, 1.165) is 0 Å². The minimum absolute atomic E-state index is 0.683. The second-order valence-corrected chi connectivity index (χ2v) is 1.77. The van der Waals surface area contributed by atoms with Crippen LogP contribution in [0.4, 0.5) is 0 Å². The number of hydrogen-bond donors (Lipinski definition) is 0. The zero-order chi connectivity index (χ0) is 9.28. The Morgan fingerprint density at radius 3 is 1.82 bits per heavy atom. The summed E-state index contributed by atoms with van der Waals surface area (Å²) in [6.45, 7) is 8.00. The summed E-state index contributed by atoms with van der Waals surface area (Å²) in [7, 11) is 1.83. The van der Waals surface area contributed by atoms with Crippen molar-refractivity contribution in [3.8, 4) is 0 Å². The van der Waals surface area contributed by atoms with Gasteiger partial charge in [0.2, 0.25) is 0 Å². The fourth-order valence-corrected chi connectivity index (χ4v) is 0.576. The summed E-state index contributed by atoms with van der Waals surface area (Å²) in [5, 5.41) is 4.48. The highest BCUT2D eigenvalue weighted by Gasteiger charge is 1.84. The molecule has 0 amide bonds. The number of rotatable bonds is 0. The van der Waals surface area contributed by atoms with Crippen LogP contribution in [0.1, 0.15) is 27.7 Å². The first-order valence-electron chi connectivity index (χ1n) is 3.93. The first-order chi connectivity index (χ1) is 5.29. The topological polar surface area (TPSA) is 17.8 Å². The summed E-state index contributed by atoms with van der Waals surface area (Å²) in [6.07, 6.45) is 3.34. The Bertz CT molecular complexity index is 144. The first-order valence-corrected chi connectivity index (χ1v) is 4.31. The highest BCUT2D eigenvalue weighted by molar-refractivity contribution is 6.30. The summed E-state index contributed by atoms with van der Waals surface area (Å²) >= 11 is 5.48. The summed E-state index contributed by atoms with van der Waals surface area (Å²) in [4.78, 5) is 0. The van der Waals surface area contributed by atoms with E-state index in [1.165, 1.54) is 0 Å². The van der Waals surface area contributed by atoms with Crippen molar-refractivity contribution >= 4 is 11.6 Å². The number of aromatic nitrogens is 2. The van der Waals surface area contributed by atoms with Crippen LogP contribution in [0.15, 0.2) is 12.4 Å². The van der Waals surface area contributed by atoms with Gasteiger partial charge in [-0.3, -0.25) is 4.68 Å². The van der Waals surface area contributed by atoms with Gasteiger partial charge in [0.05, 0.1) is 11.2 Å². The minimum atomic E-state index is 0.683. The molecule has 1 aromatic heterocycles. The van der Waals surface area contributed by atoms with Gasteiger partial charge in [-0.15, -0.1) is 0 Å². The third-order valence-electron chi connectivity index (χ3n) is 0.673. The number of aryl methyl sites for hydroxylation is 1. The largest absolute Gasteiger partial charge is 0.274 e. The van der Waals surface area contributed by atoms with Gasteiger partial charge < -0.3 is 0 Å². The molecule has 3 heteroatoms. The molecule has 0 fully saturated rings. The summed E-state index contributed by atoms with van der Waals surface area (Å²) in [6, 6.07) is 0. The number of hydrogen-bond acceptors (Lipinski definition) is 1. The van der Waals surface area contributed by atoms with Crippen molar-refractivity contribution in [1.82, 2.24) is 9.78 Å². The second-order valence-electron chi connectivity index (χ2n) is 1.33. The molecule has 0 saturated heterocycles. The molecule has 66 valence electrons. The molecule has 1 heterocycles. The Morgan fingerprint density at radius 1 is 1.27 bits per heavy atom. The first kappa shape index (κ1) is 13.1. The van der Waals surface area contributed by atoms with Crippen molar-refractivity contribution in [2.45, 2.75) is 27.7 Å². The van der Waals surface area contributed by atoms with Gasteiger partial charge in [0.25, 0.3) is 0 Å². The Morgan fingerprint density at radius 2 is 1.73 bits per heavy atom. The molecule has 2 nitrogen and oxygen atoms in total. The van der Waals surface area contributed by atoms with E-state index in [9.17, 15) is 0 Å².